The zero-order valence-electron chi connectivity index (χ0n) is 22.3. The van der Waals surface area contributed by atoms with Gasteiger partial charge in [-0.1, -0.05) is 6.07 Å². The summed E-state index contributed by atoms with van der Waals surface area (Å²) >= 11 is 0. The largest absolute Gasteiger partial charge is 0.298 e. The van der Waals surface area contributed by atoms with Crippen molar-refractivity contribution in [1.29, 1.82) is 0 Å². The van der Waals surface area contributed by atoms with Crippen molar-refractivity contribution in [3.63, 3.8) is 0 Å². The van der Waals surface area contributed by atoms with E-state index in [0.29, 0.717) is 12.3 Å². The van der Waals surface area contributed by atoms with Gasteiger partial charge < -0.3 is 0 Å². The standard InChI is InChI=1S/C26H44N9OP/c36-37-33-12-4-13-35(37)20-19-34(37)11-2-8-29(15-18-33)21-23-5-1-6-24(28-23)22-32-17-16-31-10-3-9-30-14-7-27-25(32)26(30)31/h1,5-6,25-27H,2-4,7-22H2/t25-,26-,37?/m0/s1. The monoisotopic (exact) mass is 529 g/mol. The van der Waals surface area contributed by atoms with Gasteiger partial charge >= 0.3 is 0 Å². The molecule has 10 nitrogen and oxygen atoms in total. The van der Waals surface area contributed by atoms with E-state index in [0.717, 1.165) is 104 Å². The first kappa shape index (κ1) is 25.1. The van der Waals surface area contributed by atoms with Gasteiger partial charge in [-0.25, -0.2) is 14.0 Å². The second-order valence-electron chi connectivity index (χ2n) is 11.7. The predicted octanol–water partition coefficient (Wildman–Crippen LogP) is 0.797. The Hall–Kier alpha value is -0.940. The van der Waals surface area contributed by atoms with E-state index < -0.39 is 7.59 Å². The maximum absolute atomic E-state index is 14.1. The Labute approximate surface area is 222 Å². The fourth-order valence-corrected chi connectivity index (χ4v) is 11.0. The van der Waals surface area contributed by atoms with Crippen molar-refractivity contribution in [1.82, 2.24) is 43.9 Å². The molecule has 0 saturated carbocycles. The fraction of sp³-hybridized carbons (Fsp3) is 0.808. The van der Waals surface area contributed by atoms with Gasteiger partial charge in [0.2, 0.25) is 0 Å². The summed E-state index contributed by atoms with van der Waals surface area (Å²) in [6.07, 6.45) is 4.41. The van der Waals surface area contributed by atoms with Crippen LogP contribution in [0.1, 0.15) is 30.7 Å². The molecule has 1 aromatic rings. The number of nitrogens with one attached hydrogen (secondary N) is 1. The van der Waals surface area contributed by atoms with Gasteiger partial charge in [0.15, 0.2) is 0 Å². The van der Waals surface area contributed by atoms with Crippen molar-refractivity contribution in [2.24, 2.45) is 0 Å². The van der Waals surface area contributed by atoms with Gasteiger partial charge in [0.25, 0.3) is 7.59 Å². The maximum Gasteiger partial charge on any atom is 0.287 e. The third-order valence-electron chi connectivity index (χ3n) is 9.48. The molecular weight excluding hydrogens is 485 g/mol. The summed E-state index contributed by atoms with van der Waals surface area (Å²) in [5, 5.41) is 3.83. The quantitative estimate of drug-likeness (QED) is 0.567. The Balaban J connectivity index is 1.01. The molecule has 0 spiro atoms. The molecule has 0 amide bonds. The molecule has 6 fully saturated rings. The highest BCUT2D eigenvalue weighted by molar-refractivity contribution is 7.56. The Kier molecular flexibility index (Phi) is 7.15. The Bertz CT molecular complexity index is 1000. The number of pyridine rings is 1. The molecule has 6 aliphatic heterocycles. The van der Waals surface area contributed by atoms with E-state index in [4.69, 9.17) is 4.98 Å². The van der Waals surface area contributed by atoms with Crippen molar-refractivity contribution < 1.29 is 4.57 Å². The minimum atomic E-state index is -2.51. The highest BCUT2D eigenvalue weighted by atomic mass is 31.2. The van der Waals surface area contributed by atoms with Crippen LogP contribution in [0.15, 0.2) is 18.2 Å². The average molecular weight is 530 g/mol. The third kappa shape index (κ3) is 4.72. The third-order valence-corrected chi connectivity index (χ3v) is 12.9. The van der Waals surface area contributed by atoms with Crippen LogP contribution < -0.4 is 5.32 Å². The molecule has 0 radical (unpaired) electrons. The number of piperazine rings is 2. The van der Waals surface area contributed by atoms with Crippen molar-refractivity contribution in [3.8, 4) is 0 Å². The van der Waals surface area contributed by atoms with Crippen LogP contribution in [-0.2, 0) is 17.7 Å². The minimum Gasteiger partial charge on any atom is -0.298 e. The summed E-state index contributed by atoms with van der Waals surface area (Å²) in [4.78, 5) is 15.7. The molecule has 3 atom stereocenters. The van der Waals surface area contributed by atoms with Crippen molar-refractivity contribution in [2.45, 2.75) is 44.7 Å². The Morgan fingerprint density at radius 3 is 2.16 bits per heavy atom. The number of nitrogens with zero attached hydrogens (tertiary/aromatic N) is 8. The molecule has 1 N–H and O–H groups in total. The summed E-state index contributed by atoms with van der Waals surface area (Å²) in [7, 11) is -2.51. The Morgan fingerprint density at radius 1 is 0.730 bits per heavy atom. The molecule has 0 bridgehead atoms. The second kappa shape index (κ2) is 10.6. The summed E-state index contributed by atoms with van der Waals surface area (Å²) in [6, 6.07) is 6.60. The van der Waals surface area contributed by atoms with E-state index in [1.807, 2.05) is 0 Å². The van der Waals surface area contributed by atoms with Crippen molar-refractivity contribution in [3.05, 3.63) is 29.6 Å². The van der Waals surface area contributed by atoms with E-state index in [1.165, 1.54) is 30.9 Å². The summed E-state index contributed by atoms with van der Waals surface area (Å²) in [6.45, 7) is 16.5. The van der Waals surface area contributed by atoms with Crippen molar-refractivity contribution in [2.75, 3.05) is 91.6 Å². The SMILES string of the molecule is O=P12N3CCCN1CCN2CCCN(Cc1cccc(CN2CCN4CCCN5CCN[C@@H]2[C@@H]54)n1)CC3. The Morgan fingerprint density at radius 2 is 1.38 bits per heavy atom. The summed E-state index contributed by atoms with van der Waals surface area (Å²) in [5.41, 5.74) is 2.35. The van der Waals surface area contributed by atoms with Crippen LogP contribution in [0.2, 0.25) is 0 Å². The zero-order chi connectivity index (χ0) is 24.8. The van der Waals surface area contributed by atoms with Crippen molar-refractivity contribution >= 4 is 7.59 Å². The molecule has 7 rings (SSSR count). The smallest absolute Gasteiger partial charge is 0.287 e. The average Bonchev–Trinajstić information content (AvgIpc) is 3.28. The predicted molar refractivity (Wildman–Crippen MR) is 145 cm³/mol. The van der Waals surface area contributed by atoms with Gasteiger partial charge in [-0.05, 0) is 37.9 Å². The molecule has 11 heteroatoms. The molecule has 7 heterocycles. The molecule has 6 aliphatic rings. The maximum atomic E-state index is 14.1. The first-order valence-corrected chi connectivity index (χ1v) is 16.2. The highest BCUT2D eigenvalue weighted by Gasteiger charge is 2.49. The van der Waals surface area contributed by atoms with Gasteiger partial charge in [0, 0.05) is 98.2 Å². The number of rotatable bonds is 4. The lowest BCUT2D eigenvalue weighted by atomic mass is 10.1. The van der Waals surface area contributed by atoms with E-state index >= 15 is 0 Å². The van der Waals surface area contributed by atoms with Crippen LogP contribution in [0.3, 0.4) is 0 Å². The van der Waals surface area contributed by atoms with Crippen LogP contribution in [0, 0.1) is 0 Å². The molecule has 1 unspecified atom stereocenters. The molecule has 0 aliphatic carbocycles. The van der Waals surface area contributed by atoms with Gasteiger partial charge in [0.05, 0.1) is 23.7 Å². The highest BCUT2D eigenvalue weighted by Crippen LogP contribution is 2.61. The fourth-order valence-electron chi connectivity index (χ4n) is 7.68. The van der Waals surface area contributed by atoms with Crippen LogP contribution >= 0.6 is 7.59 Å². The van der Waals surface area contributed by atoms with E-state index in [9.17, 15) is 4.57 Å². The molecule has 0 aromatic carbocycles. The first-order valence-electron chi connectivity index (χ1n) is 14.7. The number of aromatic nitrogens is 1. The molecule has 1 aromatic heterocycles. The molecule has 37 heavy (non-hydrogen) atoms. The van der Waals surface area contributed by atoms with E-state index in [1.54, 1.807) is 0 Å². The van der Waals surface area contributed by atoms with Gasteiger partial charge in [-0.2, -0.15) is 0 Å². The van der Waals surface area contributed by atoms with Crippen LogP contribution in [0.4, 0.5) is 0 Å². The van der Waals surface area contributed by atoms with Crippen LogP contribution in [-0.4, -0.2) is 143 Å². The lowest BCUT2D eigenvalue weighted by Crippen LogP contribution is -2.74. The van der Waals surface area contributed by atoms with E-state index in [2.05, 4.69) is 57.1 Å². The zero-order valence-corrected chi connectivity index (χ0v) is 23.1. The molecule has 204 valence electrons. The molecular formula is C26H44N9OP. The van der Waals surface area contributed by atoms with Crippen LogP contribution in [0.25, 0.3) is 0 Å². The van der Waals surface area contributed by atoms with Gasteiger partial charge in [-0.15, -0.1) is 0 Å². The topological polar surface area (TPSA) is 64.7 Å². The second-order valence-corrected chi connectivity index (χ2v) is 14.4. The summed E-state index contributed by atoms with van der Waals surface area (Å²) in [5.74, 6) is 0. The molecule has 6 saturated heterocycles. The van der Waals surface area contributed by atoms with Gasteiger partial charge in [0.1, 0.15) is 0 Å². The summed E-state index contributed by atoms with van der Waals surface area (Å²) < 4.78 is 21.0. The first-order chi connectivity index (χ1) is 18.2. The normalized spacial score (nSPS) is 35.5. The van der Waals surface area contributed by atoms with Gasteiger partial charge in [-0.3, -0.25) is 34.5 Å². The number of hydrogen-bond acceptors (Lipinski definition) is 7. The minimum absolute atomic E-state index is 0.396. The lowest BCUT2D eigenvalue weighted by Gasteiger charge is -2.56. The number of hydrogen-bond donors (Lipinski definition) is 1. The lowest BCUT2D eigenvalue weighted by molar-refractivity contribution is -0.118. The van der Waals surface area contributed by atoms with Crippen LogP contribution in [0.5, 0.6) is 0 Å². The van der Waals surface area contributed by atoms with E-state index in [-0.39, 0.29) is 0 Å².